The average molecular weight is 468 g/mol. The predicted octanol–water partition coefficient (Wildman–Crippen LogP) is 6.26. The summed E-state index contributed by atoms with van der Waals surface area (Å²) in [5.41, 5.74) is 4.93. The second kappa shape index (κ2) is 10.2. The molecule has 0 aliphatic carbocycles. The minimum absolute atomic E-state index is 0.165. The molecule has 1 N–H and O–H groups in total. The van der Waals surface area contributed by atoms with E-state index >= 15 is 0 Å². The number of methoxy groups -OCH3 is 1. The Kier molecular flexibility index (Phi) is 8.22. The lowest BCUT2D eigenvalue weighted by Crippen LogP contribution is -2.11. The van der Waals surface area contributed by atoms with Gasteiger partial charge in [-0.25, -0.2) is 0 Å². The molecule has 142 valence electrons. The van der Waals surface area contributed by atoms with E-state index in [-0.39, 0.29) is 11.9 Å². The number of halogens is 1. The van der Waals surface area contributed by atoms with Crippen molar-refractivity contribution in [2.24, 2.45) is 0 Å². The number of allylic oxidation sites excluding steroid dienone is 1. The van der Waals surface area contributed by atoms with Crippen molar-refractivity contribution in [1.82, 2.24) is 0 Å². The van der Waals surface area contributed by atoms with Gasteiger partial charge in [-0.3, -0.25) is 0 Å². The summed E-state index contributed by atoms with van der Waals surface area (Å²) in [6.45, 7) is 9.28. The van der Waals surface area contributed by atoms with Crippen molar-refractivity contribution in [2.75, 3.05) is 13.7 Å². The van der Waals surface area contributed by atoms with E-state index in [1.165, 1.54) is 16.7 Å². The fourth-order valence-corrected chi connectivity index (χ4v) is 3.89. The molecule has 3 nitrogen and oxygen atoms in total. The number of benzene rings is 1. The van der Waals surface area contributed by atoms with Crippen LogP contribution < -0.4 is 4.74 Å². The molecule has 0 spiro atoms. The SMILES string of the molecule is C=C(CCC)C1=CCOC1CC/C(=C/c1cc(I)c(O)c(OC)c1)CC. The highest BCUT2D eigenvalue weighted by Crippen LogP contribution is 2.34. The molecule has 0 amide bonds. The maximum absolute atomic E-state index is 10.0. The summed E-state index contributed by atoms with van der Waals surface area (Å²) in [7, 11) is 1.58. The lowest BCUT2D eigenvalue weighted by molar-refractivity contribution is 0.116. The van der Waals surface area contributed by atoms with Crippen LogP contribution in [0.5, 0.6) is 11.5 Å². The van der Waals surface area contributed by atoms with Gasteiger partial charge in [0.05, 0.1) is 23.4 Å². The molecule has 1 unspecified atom stereocenters. The first kappa shape index (κ1) is 21.0. The summed E-state index contributed by atoms with van der Waals surface area (Å²) in [4.78, 5) is 0. The molecule has 1 heterocycles. The van der Waals surface area contributed by atoms with Crippen molar-refractivity contribution in [3.63, 3.8) is 0 Å². The molecule has 1 aromatic carbocycles. The van der Waals surface area contributed by atoms with Crippen molar-refractivity contribution >= 4 is 28.7 Å². The number of phenols is 1. The molecular formula is C22H29IO3. The largest absolute Gasteiger partial charge is 0.504 e. The summed E-state index contributed by atoms with van der Waals surface area (Å²) in [5.74, 6) is 0.714. The first-order valence-electron chi connectivity index (χ1n) is 9.25. The van der Waals surface area contributed by atoms with E-state index in [0.717, 1.165) is 41.2 Å². The second-order valence-electron chi connectivity index (χ2n) is 6.58. The third-order valence-electron chi connectivity index (χ3n) is 4.73. The zero-order chi connectivity index (χ0) is 19.1. The van der Waals surface area contributed by atoms with Crippen LogP contribution in [0.2, 0.25) is 0 Å². The summed E-state index contributed by atoms with van der Waals surface area (Å²) in [5, 5.41) is 10.0. The van der Waals surface area contributed by atoms with Gasteiger partial charge in [-0.2, -0.15) is 0 Å². The topological polar surface area (TPSA) is 38.7 Å². The predicted molar refractivity (Wildman–Crippen MR) is 117 cm³/mol. The van der Waals surface area contributed by atoms with Crippen LogP contribution in [0.3, 0.4) is 0 Å². The standard InChI is InChI=1S/C22H29IO3/c1-5-7-15(3)18-10-11-26-20(18)9-8-16(6-2)12-17-13-19(23)22(24)21(14-17)25-4/h10,12-14,20,24H,3,5-9,11H2,1-2,4H3/b16-12+. The van der Waals surface area contributed by atoms with Gasteiger partial charge < -0.3 is 14.6 Å². The van der Waals surface area contributed by atoms with Crippen molar-refractivity contribution < 1.29 is 14.6 Å². The van der Waals surface area contributed by atoms with Crippen LogP contribution in [0.1, 0.15) is 51.5 Å². The fourth-order valence-electron chi connectivity index (χ4n) is 3.27. The highest BCUT2D eigenvalue weighted by atomic mass is 127. The smallest absolute Gasteiger partial charge is 0.171 e. The van der Waals surface area contributed by atoms with Crippen LogP contribution in [0.25, 0.3) is 6.08 Å². The van der Waals surface area contributed by atoms with Gasteiger partial charge in [-0.05, 0) is 77.1 Å². The van der Waals surface area contributed by atoms with E-state index in [2.05, 4.69) is 55.2 Å². The molecule has 0 saturated carbocycles. The second-order valence-corrected chi connectivity index (χ2v) is 7.75. The Morgan fingerprint density at radius 3 is 2.81 bits per heavy atom. The summed E-state index contributed by atoms with van der Waals surface area (Å²) >= 11 is 2.13. The number of phenolic OH excluding ortho intramolecular Hbond substituents is 1. The first-order chi connectivity index (χ1) is 12.5. The third kappa shape index (κ3) is 5.36. The van der Waals surface area contributed by atoms with E-state index < -0.39 is 0 Å². The zero-order valence-corrected chi connectivity index (χ0v) is 18.1. The number of hydrogen-bond donors (Lipinski definition) is 1. The van der Waals surface area contributed by atoms with Gasteiger partial charge in [-0.1, -0.05) is 44.6 Å². The molecule has 0 saturated heterocycles. The van der Waals surface area contributed by atoms with Crippen LogP contribution in [0, 0.1) is 3.57 Å². The van der Waals surface area contributed by atoms with Crippen LogP contribution in [0.15, 0.2) is 41.5 Å². The summed E-state index contributed by atoms with van der Waals surface area (Å²) in [6, 6.07) is 3.86. The lowest BCUT2D eigenvalue weighted by atomic mass is 9.94. The van der Waals surface area contributed by atoms with Crippen LogP contribution in [0.4, 0.5) is 0 Å². The van der Waals surface area contributed by atoms with Gasteiger partial charge >= 0.3 is 0 Å². The highest BCUT2D eigenvalue weighted by molar-refractivity contribution is 14.1. The molecular weight excluding hydrogens is 439 g/mol. The average Bonchev–Trinajstić information content (AvgIpc) is 3.10. The van der Waals surface area contributed by atoms with Gasteiger partial charge in [0.15, 0.2) is 11.5 Å². The van der Waals surface area contributed by atoms with Crippen molar-refractivity contribution in [3.05, 3.63) is 50.6 Å². The van der Waals surface area contributed by atoms with Gasteiger partial charge in [0.2, 0.25) is 0 Å². The number of hydrogen-bond acceptors (Lipinski definition) is 3. The summed E-state index contributed by atoms with van der Waals surface area (Å²) < 4.78 is 12.0. The van der Waals surface area contributed by atoms with Gasteiger partial charge in [0.25, 0.3) is 0 Å². The lowest BCUT2D eigenvalue weighted by Gasteiger charge is -2.17. The Morgan fingerprint density at radius 2 is 2.15 bits per heavy atom. The van der Waals surface area contributed by atoms with Crippen LogP contribution in [-0.2, 0) is 4.74 Å². The van der Waals surface area contributed by atoms with E-state index in [9.17, 15) is 5.11 Å². The molecule has 0 radical (unpaired) electrons. The van der Waals surface area contributed by atoms with Gasteiger partial charge in [-0.15, -0.1) is 0 Å². The fraction of sp³-hybridized carbons (Fsp3) is 0.455. The Morgan fingerprint density at radius 1 is 1.38 bits per heavy atom. The zero-order valence-electron chi connectivity index (χ0n) is 16.0. The quantitative estimate of drug-likeness (QED) is 0.435. The van der Waals surface area contributed by atoms with Crippen molar-refractivity contribution in [3.8, 4) is 11.5 Å². The first-order valence-corrected chi connectivity index (χ1v) is 10.3. The number of ether oxygens (including phenoxy) is 2. The third-order valence-corrected chi connectivity index (χ3v) is 5.55. The number of rotatable bonds is 9. The maximum atomic E-state index is 10.0. The Hall–Kier alpha value is -1.27. The molecule has 1 aliphatic rings. The maximum Gasteiger partial charge on any atom is 0.171 e. The minimum atomic E-state index is 0.165. The van der Waals surface area contributed by atoms with Crippen LogP contribution >= 0.6 is 22.6 Å². The minimum Gasteiger partial charge on any atom is -0.504 e. The molecule has 4 heteroatoms. The Labute approximate surface area is 170 Å². The van der Waals surface area contributed by atoms with E-state index in [1.54, 1.807) is 7.11 Å². The van der Waals surface area contributed by atoms with E-state index in [4.69, 9.17) is 9.47 Å². The molecule has 0 fully saturated rings. The van der Waals surface area contributed by atoms with E-state index in [1.807, 2.05) is 12.1 Å². The molecule has 0 bridgehead atoms. The molecule has 2 rings (SSSR count). The highest BCUT2D eigenvalue weighted by Gasteiger charge is 2.21. The molecule has 1 atom stereocenters. The normalized spacial score (nSPS) is 17.3. The molecule has 1 aliphatic heterocycles. The Bertz CT molecular complexity index is 704. The monoisotopic (exact) mass is 468 g/mol. The summed E-state index contributed by atoms with van der Waals surface area (Å²) in [6.07, 6.45) is 9.64. The van der Waals surface area contributed by atoms with Crippen molar-refractivity contribution in [2.45, 2.75) is 52.1 Å². The molecule has 1 aromatic rings. The number of aromatic hydroxyl groups is 1. The Balaban J connectivity index is 2.08. The van der Waals surface area contributed by atoms with Crippen LogP contribution in [-0.4, -0.2) is 24.9 Å². The van der Waals surface area contributed by atoms with Gasteiger partial charge in [0, 0.05) is 0 Å². The molecule has 0 aromatic heterocycles. The molecule has 26 heavy (non-hydrogen) atoms. The van der Waals surface area contributed by atoms with E-state index in [0.29, 0.717) is 12.4 Å². The van der Waals surface area contributed by atoms with Crippen molar-refractivity contribution in [1.29, 1.82) is 0 Å². The van der Waals surface area contributed by atoms with Gasteiger partial charge in [0.1, 0.15) is 0 Å².